The van der Waals surface area contributed by atoms with Gasteiger partial charge in [-0.15, -0.1) is 0 Å². The predicted molar refractivity (Wildman–Crippen MR) is 136 cm³/mol. The minimum atomic E-state index is -1.01. The number of furan rings is 1. The molecule has 5 rings (SSSR count). The van der Waals surface area contributed by atoms with Gasteiger partial charge in [-0.1, -0.05) is 24.3 Å². The van der Waals surface area contributed by atoms with Gasteiger partial charge in [0.2, 0.25) is 12.3 Å². The standard InChI is InChI=1S/C29H32N2O5/c1-34-24-9-10-26(27(16-24)35-2)30-28(33)29(31(19-32)18-25-8-5-13-36-25)12-11-22-14-20-6-3-4-7-21(20)15-23(22)17-29/h3-10,13,16,19,22-23H,11-12,14-15,17-18H2,1-2H3,(H,30,33)/t22-,23-,29-/m0/s1. The van der Waals surface area contributed by atoms with E-state index in [9.17, 15) is 9.59 Å². The summed E-state index contributed by atoms with van der Waals surface area (Å²) in [4.78, 5) is 28.3. The Labute approximate surface area is 211 Å². The summed E-state index contributed by atoms with van der Waals surface area (Å²) < 4.78 is 16.4. The van der Waals surface area contributed by atoms with Crippen LogP contribution >= 0.6 is 0 Å². The molecule has 2 aliphatic rings. The Bertz CT molecular complexity index is 1220. The van der Waals surface area contributed by atoms with Crippen LogP contribution in [0.1, 0.15) is 36.1 Å². The normalized spacial score (nSPS) is 22.6. The Morgan fingerprint density at radius 3 is 2.53 bits per heavy atom. The Morgan fingerprint density at radius 2 is 1.86 bits per heavy atom. The number of ether oxygens (including phenoxy) is 2. The second-order valence-corrected chi connectivity index (χ2v) is 9.80. The molecule has 3 atom stereocenters. The number of carbonyl (C=O) groups is 2. The fourth-order valence-corrected chi connectivity index (χ4v) is 5.99. The van der Waals surface area contributed by atoms with Crippen molar-refractivity contribution < 1.29 is 23.5 Å². The van der Waals surface area contributed by atoms with E-state index in [0.29, 0.717) is 47.6 Å². The third kappa shape index (κ3) is 4.45. The van der Waals surface area contributed by atoms with E-state index in [2.05, 4.69) is 29.6 Å². The van der Waals surface area contributed by atoms with Crippen LogP contribution in [0.2, 0.25) is 0 Å². The summed E-state index contributed by atoms with van der Waals surface area (Å²) in [7, 11) is 3.14. The Hall–Kier alpha value is -3.74. The number of carbonyl (C=O) groups excluding carboxylic acids is 2. The summed E-state index contributed by atoms with van der Waals surface area (Å²) >= 11 is 0. The summed E-state index contributed by atoms with van der Waals surface area (Å²) in [6.07, 6.45) is 6.36. The fourth-order valence-electron chi connectivity index (χ4n) is 5.99. The van der Waals surface area contributed by atoms with Gasteiger partial charge in [-0.25, -0.2) is 0 Å². The van der Waals surface area contributed by atoms with E-state index in [0.717, 1.165) is 25.7 Å². The van der Waals surface area contributed by atoms with E-state index in [1.807, 2.05) is 6.07 Å². The highest BCUT2D eigenvalue weighted by atomic mass is 16.5. The molecule has 1 N–H and O–H groups in total. The summed E-state index contributed by atoms with van der Waals surface area (Å²) in [5, 5.41) is 3.08. The van der Waals surface area contributed by atoms with Gasteiger partial charge in [0.1, 0.15) is 22.8 Å². The minimum absolute atomic E-state index is 0.207. The van der Waals surface area contributed by atoms with E-state index in [4.69, 9.17) is 13.9 Å². The summed E-state index contributed by atoms with van der Waals surface area (Å²) in [5.41, 5.74) is 2.28. The van der Waals surface area contributed by atoms with Crippen LogP contribution in [-0.2, 0) is 29.0 Å². The van der Waals surface area contributed by atoms with Gasteiger partial charge in [-0.2, -0.15) is 0 Å². The van der Waals surface area contributed by atoms with Gasteiger partial charge < -0.3 is 24.1 Å². The minimum Gasteiger partial charge on any atom is -0.497 e. The van der Waals surface area contributed by atoms with Crippen LogP contribution in [0.15, 0.2) is 65.3 Å². The number of nitrogens with zero attached hydrogens (tertiary/aromatic N) is 1. The monoisotopic (exact) mass is 488 g/mol. The van der Waals surface area contributed by atoms with E-state index >= 15 is 0 Å². The van der Waals surface area contributed by atoms with Crippen LogP contribution in [0.25, 0.3) is 0 Å². The van der Waals surface area contributed by atoms with E-state index in [1.54, 1.807) is 49.6 Å². The molecule has 1 heterocycles. The highest BCUT2D eigenvalue weighted by Crippen LogP contribution is 2.46. The van der Waals surface area contributed by atoms with Crippen molar-refractivity contribution in [3.63, 3.8) is 0 Å². The molecule has 36 heavy (non-hydrogen) atoms. The van der Waals surface area contributed by atoms with Crippen LogP contribution in [0.4, 0.5) is 5.69 Å². The number of hydrogen-bond donors (Lipinski definition) is 1. The molecule has 0 radical (unpaired) electrons. The van der Waals surface area contributed by atoms with Gasteiger partial charge in [-0.05, 0) is 79.3 Å². The van der Waals surface area contributed by atoms with Gasteiger partial charge in [0.15, 0.2) is 0 Å². The van der Waals surface area contributed by atoms with Gasteiger partial charge in [0.05, 0.1) is 32.7 Å². The van der Waals surface area contributed by atoms with E-state index in [-0.39, 0.29) is 12.5 Å². The number of anilines is 1. The van der Waals surface area contributed by atoms with Crippen molar-refractivity contribution in [2.24, 2.45) is 11.8 Å². The number of hydrogen-bond acceptors (Lipinski definition) is 5. The molecule has 3 aromatic rings. The number of amides is 2. The second-order valence-electron chi connectivity index (χ2n) is 9.80. The van der Waals surface area contributed by atoms with E-state index < -0.39 is 5.54 Å². The number of methoxy groups -OCH3 is 2. The zero-order valence-corrected chi connectivity index (χ0v) is 20.7. The zero-order valence-electron chi connectivity index (χ0n) is 20.7. The molecule has 0 aliphatic heterocycles. The Balaban J connectivity index is 1.48. The maximum Gasteiger partial charge on any atom is 0.250 e. The van der Waals surface area contributed by atoms with Crippen LogP contribution in [0, 0.1) is 11.8 Å². The van der Waals surface area contributed by atoms with Crippen LogP contribution in [0.5, 0.6) is 11.5 Å². The first-order chi connectivity index (χ1) is 17.6. The molecule has 2 amide bonds. The molecule has 0 spiro atoms. The molecular weight excluding hydrogens is 456 g/mol. The molecule has 0 unspecified atom stereocenters. The van der Waals surface area contributed by atoms with Gasteiger partial charge in [0.25, 0.3) is 0 Å². The molecule has 2 aromatic carbocycles. The van der Waals surface area contributed by atoms with Crippen molar-refractivity contribution in [2.45, 2.75) is 44.2 Å². The van der Waals surface area contributed by atoms with Crippen LogP contribution < -0.4 is 14.8 Å². The van der Waals surface area contributed by atoms with Crippen molar-refractivity contribution in [1.29, 1.82) is 0 Å². The number of benzene rings is 2. The highest BCUT2D eigenvalue weighted by molar-refractivity contribution is 6.00. The third-order valence-electron chi connectivity index (χ3n) is 7.94. The van der Waals surface area contributed by atoms with Crippen molar-refractivity contribution in [1.82, 2.24) is 4.90 Å². The quantitative estimate of drug-likeness (QED) is 0.459. The van der Waals surface area contributed by atoms with Crippen LogP contribution in [0.3, 0.4) is 0 Å². The average molecular weight is 489 g/mol. The maximum absolute atomic E-state index is 14.1. The molecule has 2 aliphatic carbocycles. The fraction of sp³-hybridized carbons (Fsp3) is 0.379. The zero-order chi connectivity index (χ0) is 25.1. The number of rotatable bonds is 8. The summed E-state index contributed by atoms with van der Waals surface area (Å²) in [5.74, 6) is 2.37. The third-order valence-corrected chi connectivity index (χ3v) is 7.94. The lowest BCUT2D eigenvalue weighted by Gasteiger charge is -2.49. The van der Waals surface area contributed by atoms with Gasteiger partial charge in [0, 0.05) is 6.07 Å². The molecular formula is C29H32N2O5. The SMILES string of the molecule is COc1ccc(NC(=O)[C@]2(N(C=O)Cc3ccco3)CC[C@H]3Cc4ccccc4C[C@H]3C2)c(OC)c1. The molecule has 1 aromatic heterocycles. The Kier molecular flexibility index (Phi) is 6.72. The molecule has 1 saturated carbocycles. The lowest BCUT2D eigenvalue weighted by molar-refractivity contribution is -0.143. The molecule has 188 valence electrons. The molecule has 0 saturated heterocycles. The molecule has 7 heteroatoms. The van der Waals surface area contributed by atoms with E-state index in [1.165, 1.54) is 11.1 Å². The first-order valence-electron chi connectivity index (χ1n) is 12.4. The molecule has 0 bridgehead atoms. The molecule has 1 fully saturated rings. The lowest BCUT2D eigenvalue weighted by Crippen LogP contribution is -2.60. The summed E-state index contributed by atoms with van der Waals surface area (Å²) in [6.45, 7) is 0.234. The maximum atomic E-state index is 14.1. The smallest absolute Gasteiger partial charge is 0.250 e. The Morgan fingerprint density at radius 1 is 1.08 bits per heavy atom. The van der Waals surface area contributed by atoms with Gasteiger partial charge in [-0.3, -0.25) is 9.59 Å². The second kappa shape index (κ2) is 10.1. The van der Waals surface area contributed by atoms with Crippen molar-refractivity contribution in [3.8, 4) is 11.5 Å². The average Bonchev–Trinajstić information content (AvgIpc) is 3.43. The number of fused-ring (bicyclic) bond motifs is 2. The first-order valence-corrected chi connectivity index (χ1v) is 12.4. The van der Waals surface area contributed by atoms with Crippen molar-refractivity contribution in [2.75, 3.05) is 19.5 Å². The van der Waals surface area contributed by atoms with Crippen LogP contribution in [-0.4, -0.2) is 37.0 Å². The van der Waals surface area contributed by atoms with Crippen molar-refractivity contribution >= 4 is 18.0 Å². The predicted octanol–water partition coefficient (Wildman–Crippen LogP) is 4.85. The first kappa shape index (κ1) is 24.0. The number of nitrogens with one attached hydrogen (secondary N) is 1. The lowest BCUT2D eigenvalue weighted by atomic mass is 9.62. The largest absolute Gasteiger partial charge is 0.497 e. The van der Waals surface area contributed by atoms with Crippen molar-refractivity contribution in [3.05, 3.63) is 77.7 Å². The topological polar surface area (TPSA) is 81.0 Å². The highest BCUT2D eigenvalue weighted by Gasteiger charge is 2.51. The molecule has 7 nitrogen and oxygen atoms in total. The summed E-state index contributed by atoms with van der Waals surface area (Å²) in [6, 6.07) is 17.5. The van der Waals surface area contributed by atoms with Gasteiger partial charge >= 0.3 is 0 Å².